The summed E-state index contributed by atoms with van der Waals surface area (Å²) in [6, 6.07) is 6.05. The van der Waals surface area contributed by atoms with Crippen LogP contribution in [-0.2, 0) is 7.05 Å². The van der Waals surface area contributed by atoms with Gasteiger partial charge in [0.25, 0.3) is 0 Å². The van der Waals surface area contributed by atoms with Crippen molar-refractivity contribution in [1.82, 2.24) is 9.78 Å². The van der Waals surface area contributed by atoms with Crippen LogP contribution in [0, 0.1) is 3.57 Å². The van der Waals surface area contributed by atoms with Crippen LogP contribution in [0.25, 0.3) is 0 Å². The van der Waals surface area contributed by atoms with E-state index >= 15 is 0 Å². The highest BCUT2D eigenvalue weighted by molar-refractivity contribution is 14.1. The highest BCUT2D eigenvalue weighted by Gasteiger charge is 2.09. The van der Waals surface area contributed by atoms with Gasteiger partial charge in [0.15, 0.2) is 0 Å². The number of rotatable bonds is 3. The third-order valence-electron chi connectivity index (χ3n) is 2.53. The fraction of sp³-hybridized carbons (Fsp3) is 0.250. The molecule has 0 amide bonds. The number of nitrogens with zero attached hydrogens (tertiary/aromatic N) is 2. The molecule has 1 heterocycles. The van der Waals surface area contributed by atoms with Gasteiger partial charge in [0, 0.05) is 33.1 Å². The van der Waals surface area contributed by atoms with Crippen molar-refractivity contribution >= 4 is 39.9 Å². The van der Waals surface area contributed by atoms with E-state index in [9.17, 15) is 0 Å². The van der Waals surface area contributed by atoms with E-state index in [1.165, 1.54) is 5.56 Å². The minimum atomic E-state index is 0.221. The van der Waals surface area contributed by atoms with Crippen LogP contribution < -0.4 is 5.32 Å². The average molecular weight is 362 g/mol. The minimum absolute atomic E-state index is 0.221. The highest BCUT2D eigenvalue weighted by atomic mass is 127. The standard InChI is InChI=1S/C12H13ClIN3/c1-8(9-6-15-17(2)7-9)16-12-4-3-10(13)5-11(12)14/h3-8,16H,1-2H3. The lowest BCUT2D eigenvalue weighted by atomic mass is 10.2. The van der Waals surface area contributed by atoms with Crippen molar-refractivity contribution in [1.29, 1.82) is 0 Å². The van der Waals surface area contributed by atoms with Crippen LogP contribution in [0.1, 0.15) is 18.5 Å². The Hall–Kier alpha value is -0.750. The molecule has 2 aromatic rings. The Balaban J connectivity index is 2.15. The summed E-state index contributed by atoms with van der Waals surface area (Å²) < 4.78 is 2.92. The molecule has 5 heteroatoms. The van der Waals surface area contributed by atoms with E-state index in [4.69, 9.17) is 11.6 Å². The van der Waals surface area contributed by atoms with Gasteiger partial charge in [-0.3, -0.25) is 4.68 Å². The van der Waals surface area contributed by atoms with Gasteiger partial charge in [-0.15, -0.1) is 0 Å². The number of aryl methyl sites for hydroxylation is 1. The molecule has 1 aromatic heterocycles. The molecule has 1 N–H and O–H groups in total. The lowest BCUT2D eigenvalue weighted by Gasteiger charge is -2.15. The van der Waals surface area contributed by atoms with Gasteiger partial charge in [-0.1, -0.05) is 11.6 Å². The summed E-state index contributed by atoms with van der Waals surface area (Å²) in [5, 5.41) is 8.38. The van der Waals surface area contributed by atoms with Crippen LogP contribution in [0.15, 0.2) is 30.6 Å². The normalized spacial score (nSPS) is 12.5. The first-order valence-electron chi connectivity index (χ1n) is 5.26. The summed E-state index contributed by atoms with van der Waals surface area (Å²) in [6.07, 6.45) is 3.89. The van der Waals surface area contributed by atoms with Crippen LogP contribution >= 0.6 is 34.2 Å². The van der Waals surface area contributed by atoms with E-state index in [2.05, 4.69) is 39.9 Å². The second kappa shape index (κ2) is 5.27. The molecule has 0 radical (unpaired) electrons. The molecule has 3 nitrogen and oxygen atoms in total. The number of hydrogen-bond donors (Lipinski definition) is 1. The maximum Gasteiger partial charge on any atom is 0.0542 e. The fourth-order valence-corrected chi connectivity index (χ4v) is 2.61. The van der Waals surface area contributed by atoms with Crippen molar-refractivity contribution in [3.8, 4) is 0 Å². The molecule has 1 unspecified atom stereocenters. The molecule has 0 aliphatic rings. The number of hydrogen-bond acceptors (Lipinski definition) is 2. The van der Waals surface area contributed by atoms with Gasteiger partial charge in [0.2, 0.25) is 0 Å². The van der Waals surface area contributed by atoms with Gasteiger partial charge < -0.3 is 5.32 Å². The van der Waals surface area contributed by atoms with E-state index in [1.54, 1.807) is 4.68 Å². The molecule has 0 saturated heterocycles. The van der Waals surface area contributed by atoms with Crippen molar-refractivity contribution < 1.29 is 0 Å². The molecule has 0 spiro atoms. The van der Waals surface area contributed by atoms with Gasteiger partial charge >= 0.3 is 0 Å². The zero-order valence-corrected chi connectivity index (χ0v) is 12.5. The first kappa shape index (κ1) is 12.7. The number of nitrogens with one attached hydrogen (secondary N) is 1. The van der Waals surface area contributed by atoms with Gasteiger partial charge in [0.05, 0.1) is 12.2 Å². The van der Waals surface area contributed by atoms with Crippen LogP contribution in [-0.4, -0.2) is 9.78 Å². The smallest absolute Gasteiger partial charge is 0.0542 e. The maximum absolute atomic E-state index is 5.93. The predicted octanol–water partition coefficient (Wildman–Crippen LogP) is 3.85. The molecule has 1 aromatic carbocycles. The van der Waals surface area contributed by atoms with Crippen molar-refractivity contribution in [2.24, 2.45) is 7.05 Å². The zero-order chi connectivity index (χ0) is 12.4. The number of halogens is 2. The van der Waals surface area contributed by atoms with Crippen molar-refractivity contribution in [2.75, 3.05) is 5.32 Å². The molecule has 0 bridgehead atoms. The molecule has 0 saturated carbocycles. The molecule has 1 atom stereocenters. The number of aromatic nitrogens is 2. The first-order chi connectivity index (χ1) is 8.06. The van der Waals surface area contributed by atoms with E-state index in [0.29, 0.717) is 0 Å². The lowest BCUT2D eigenvalue weighted by molar-refractivity contribution is 0.765. The molecule has 2 rings (SSSR count). The minimum Gasteiger partial charge on any atom is -0.378 e. The molecular weight excluding hydrogens is 349 g/mol. The van der Waals surface area contributed by atoms with Gasteiger partial charge in [-0.05, 0) is 47.7 Å². The summed E-state index contributed by atoms with van der Waals surface area (Å²) in [6.45, 7) is 2.11. The van der Waals surface area contributed by atoms with E-state index in [0.717, 1.165) is 14.3 Å². The zero-order valence-electron chi connectivity index (χ0n) is 9.61. The van der Waals surface area contributed by atoms with E-state index in [-0.39, 0.29) is 6.04 Å². The summed E-state index contributed by atoms with van der Waals surface area (Å²) >= 11 is 8.20. The summed E-state index contributed by atoms with van der Waals surface area (Å²) in [4.78, 5) is 0. The Labute approximate surface area is 119 Å². The Morgan fingerprint density at radius 3 is 2.82 bits per heavy atom. The van der Waals surface area contributed by atoms with E-state index < -0.39 is 0 Å². The summed E-state index contributed by atoms with van der Waals surface area (Å²) in [7, 11) is 1.92. The first-order valence-corrected chi connectivity index (χ1v) is 6.72. The summed E-state index contributed by atoms with van der Waals surface area (Å²) in [5.41, 5.74) is 2.25. The molecule has 0 fully saturated rings. The van der Waals surface area contributed by atoms with Crippen LogP contribution in [0.5, 0.6) is 0 Å². The van der Waals surface area contributed by atoms with Crippen molar-refractivity contribution in [3.63, 3.8) is 0 Å². The van der Waals surface area contributed by atoms with Crippen LogP contribution in [0.2, 0.25) is 5.02 Å². The highest BCUT2D eigenvalue weighted by Crippen LogP contribution is 2.26. The van der Waals surface area contributed by atoms with E-state index in [1.807, 2.05) is 37.6 Å². The third kappa shape index (κ3) is 3.13. The topological polar surface area (TPSA) is 29.9 Å². The molecular formula is C12H13ClIN3. The van der Waals surface area contributed by atoms with Crippen LogP contribution in [0.4, 0.5) is 5.69 Å². The Morgan fingerprint density at radius 2 is 2.24 bits per heavy atom. The van der Waals surface area contributed by atoms with Crippen molar-refractivity contribution in [3.05, 3.63) is 44.7 Å². The van der Waals surface area contributed by atoms with Gasteiger partial charge in [-0.25, -0.2) is 0 Å². The summed E-state index contributed by atoms with van der Waals surface area (Å²) in [5.74, 6) is 0. The second-order valence-corrected chi connectivity index (χ2v) is 5.54. The number of anilines is 1. The average Bonchev–Trinajstić information content (AvgIpc) is 2.69. The molecule has 17 heavy (non-hydrogen) atoms. The Bertz CT molecular complexity index is 524. The molecule has 0 aliphatic carbocycles. The second-order valence-electron chi connectivity index (χ2n) is 3.94. The number of benzene rings is 1. The largest absolute Gasteiger partial charge is 0.378 e. The maximum atomic E-state index is 5.93. The van der Waals surface area contributed by atoms with Crippen molar-refractivity contribution in [2.45, 2.75) is 13.0 Å². The Morgan fingerprint density at radius 1 is 1.47 bits per heavy atom. The predicted molar refractivity (Wildman–Crippen MR) is 79.4 cm³/mol. The quantitative estimate of drug-likeness (QED) is 0.842. The lowest BCUT2D eigenvalue weighted by Crippen LogP contribution is -2.06. The molecule has 90 valence electrons. The van der Waals surface area contributed by atoms with Gasteiger partial charge in [-0.2, -0.15) is 5.10 Å². The monoisotopic (exact) mass is 361 g/mol. The van der Waals surface area contributed by atoms with Gasteiger partial charge in [0.1, 0.15) is 0 Å². The third-order valence-corrected chi connectivity index (χ3v) is 3.66. The van der Waals surface area contributed by atoms with Crippen LogP contribution in [0.3, 0.4) is 0 Å². The molecule has 0 aliphatic heterocycles. The fourth-order valence-electron chi connectivity index (χ4n) is 1.59. The SMILES string of the molecule is CC(Nc1ccc(Cl)cc1I)c1cnn(C)c1. The Kier molecular flexibility index (Phi) is 3.93.